The summed E-state index contributed by atoms with van der Waals surface area (Å²) in [6.07, 6.45) is 8.59. The van der Waals surface area contributed by atoms with Crippen molar-refractivity contribution in [3.63, 3.8) is 0 Å². The molecule has 0 aliphatic carbocycles. The number of unbranched alkanes of at least 4 members (excludes halogenated alkanes) is 1. The molecule has 19 heavy (non-hydrogen) atoms. The normalized spacial score (nSPS) is 19.0. The Hall–Kier alpha value is -0.603. The quantitative estimate of drug-likeness (QED) is 0.546. The summed E-state index contributed by atoms with van der Waals surface area (Å²) in [5.41, 5.74) is 0.962. The lowest BCUT2D eigenvalue weighted by atomic mass is 10.1. The maximum atomic E-state index is 2.67. The molecular weight excluding hydrogens is 246 g/mol. The van der Waals surface area contributed by atoms with E-state index in [1.54, 1.807) is 5.19 Å². The lowest BCUT2D eigenvalue weighted by molar-refractivity contribution is 0.224. The van der Waals surface area contributed by atoms with Gasteiger partial charge in [0.05, 0.1) is 9.52 Å². The molecule has 0 N–H and O–H groups in total. The van der Waals surface area contributed by atoms with Crippen LogP contribution in [-0.2, 0) is 0 Å². The predicted octanol–water partition coefficient (Wildman–Crippen LogP) is 2.95. The van der Waals surface area contributed by atoms with Gasteiger partial charge < -0.3 is 4.90 Å². The van der Waals surface area contributed by atoms with E-state index in [1.165, 1.54) is 58.2 Å². The van der Waals surface area contributed by atoms with Crippen LogP contribution in [0, 0.1) is 0 Å². The van der Waals surface area contributed by atoms with E-state index in [0.29, 0.717) is 0 Å². The Morgan fingerprint density at radius 1 is 1.05 bits per heavy atom. The molecule has 0 unspecified atom stereocenters. The molecular formula is C17H29NSi. The Labute approximate surface area is 121 Å². The first-order valence-electron chi connectivity index (χ1n) is 8.11. The molecule has 0 aromatic heterocycles. The Morgan fingerprint density at radius 2 is 1.79 bits per heavy atom. The maximum Gasteiger partial charge on any atom is 0.0575 e. The molecule has 0 bridgehead atoms. The number of benzene rings is 1. The molecule has 1 fully saturated rings. The first kappa shape index (κ1) is 14.8. The summed E-state index contributed by atoms with van der Waals surface area (Å²) in [6.45, 7) is 6.52. The standard InChI is InChI=1S/C17H29NSi/c1-16(19-17-11-4-2-5-12-17)10-6-9-15-18-13-7-3-8-14-18/h2,4-5,11-12,16H,3,6-10,13-15,19H2,1H3/t16-/m0/s1. The second kappa shape index (κ2) is 8.54. The van der Waals surface area contributed by atoms with Gasteiger partial charge in [-0.05, 0) is 44.4 Å². The van der Waals surface area contributed by atoms with E-state index in [9.17, 15) is 0 Å². The Morgan fingerprint density at radius 3 is 2.53 bits per heavy atom. The van der Waals surface area contributed by atoms with Crippen LogP contribution in [0.2, 0.25) is 5.54 Å². The first-order valence-corrected chi connectivity index (χ1v) is 9.63. The van der Waals surface area contributed by atoms with Gasteiger partial charge in [-0.1, -0.05) is 61.7 Å². The molecule has 1 aliphatic heterocycles. The summed E-state index contributed by atoms with van der Waals surface area (Å²) in [5.74, 6) is 0. The monoisotopic (exact) mass is 275 g/mol. The minimum absolute atomic E-state index is 0.0516. The zero-order chi connectivity index (χ0) is 13.3. The number of piperidine rings is 1. The highest BCUT2D eigenvalue weighted by atomic mass is 28.2. The third kappa shape index (κ3) is 5.92. The van der Waals surface area contributed by atoms with Gasteiger partial charge in [-0.15, -0.1) is 0 Å². The van der Waals surface area contributed by atoms with Crippen LogP contribution in [-0.4, -0.2) is 34.1 Å². The van der Waals surface area contributed by atoms with E-state index >= 15 is 0 Å². The van der Waals surface area contributed by atoms with Gasteiger partial charge in [-0.2, -0.15) is 0 Å². The zero-order valence-corrected chi connectivity index (χ0v) is 13.9. The van der Waals surface area contributed by atoms with Gasteiger partial charge in [-0.3, -0.25) is 0 Å². The fourth-order valence-electron chi connectivity index (χ4n) is 3.13. The van der Waals surface area contributed by atoms with Gasteiger partial charge in [0.25, 0.3) is 0 Å². The lowest BCUT2D eigenvalue weighted by Crippen LogP contribution is -2.30. The molecule has 1 heterocycles. The van der Waals surface area contributed by atoms with Gasteiger partial charge in [0.2, 0.25) is 0 Å². The summed E-state index contributed by atoms with van der Waals surface area (Å²) in [4.78, 5) is 2.67. The van der Waals surface area contributed by atoms with Gasteiger partial charge in [0.15, 0.2) is 0 Å². The van der Waals surface area contributed by atoms with Gasteiger partial charge in [-0.25, -0.2) is 0 Å². The number of nitrogens with zero attached hydrogens (tertiary/aromatic N) is 1. The van der Waals surface area contributed by atoms with Crippen molar-refractivity contribution >= 4 is 14.7 Å². The average Bonchev–Trinajstić information content (AvgIpc) is 2.46. The van der Waals surface area contributed by atoms with Crippen LogP contribution >= 0.6 is 0 Å². The van der Waals surface area contributed by atoms with Crippen molar-refractivity contribution in [2.75, 3.05) is 19.6 Å². The van der Waals surface area contributed by atoms with Gasteiger partial charge in [0.1, 0.15) is 0 Å². The fourth-order valence-corrected chi connectivity index (χ4v) is 4.97. The molecule has 1 atom stereocenters. The van der Waals surface area contributed by atoms with Crippen LogP contribution in [0.1, 0.15) is 45.4 Å². The van der Waals surface area contributed by atoms with E-state index < -0.39 is 0 Å². The van der Waals surface area contributed by atoms with E-state index in [0.717, 1.165) is 5.54 Å². The SMILES string of the molecule is C[C@@H](CCCCN1CCCCC1)[SiH2]c1ccccc1. The third-order valence-electron chi connectivity index (χ3n) is 4.30. The van der Waals surface area contributed by atoms with Crippen LogP contribution in [0.4, 0.5) is 0 Å². The van der Waals surface area contributed by atoms with Crippen LogP contribution in [0.5, 0.6) is 0 Å². The second-order valence-corrected chi connectivity index (χ2v) is 8.81. The van der Waals surface area contributed by atoms with Crippen molar-refractivity contribution in [1.29, 1.82) is 0 Å². The van der Waals surface area contributed by atoms with Crippen molar-refractivity contribution < 1.29 is 0 Å². The number of hydrogen-bond donors (Lipinski definition) is 0. The molecule has 106 valence electrons. The molecule has 0 spiro atoms. The minimum atomic E-state index is -0.0516. The minimum Gasteiger partial charge on any atom is -0.303 e. The molecule has 1 saturated heterocycles. The maximum absolute atomic E-state index is 2.67. The molecule has 2 rings (SSSR count). The van der Waals surface area contributed by atoms with Crippen molar-refractivity contribution in [2.45, 2.75) is 51.0 Å². The van der Waals surface area contributed by atoms with Crippen molar-refractivity contribution in [2.24, 2.45) is 0 Å². The predicted molar refractivity (Wildman–Crippen MR) is 88.2 cm³/mol. The van der Waals surface area contributed by atoms with Crippen LogP contribution in [0.25, 0.3) is 0 Å². The topological polar surface area (TPSA) is 3.24 Å². The number of rotatable bonds is 7. The van der Waals surface area contributed by atoms with E-state index in [4.69, 9.17) is 0 Å². The summed E-state index contributed by atoms with van der Waals surface area (Å²) in [5, 5.41) is 1.63. The third-order valence-corrected chi connectivity index (χ3v) is 6.34. The van der Waals surface area contributed by atoms with Crippen LogP contribution in [0.15, 0.2) is 30.3 Å². The Bertz CT molecular complexity index is 332. The van der Waals surface area contributed by atoms with Crippen LogP contribution in [0.3, 0.4) is 0 Å². The van der Waals surface area contributed by atoms with Gasteiger partial charge in [0, 0.05) is 0 Å². The molecule has 2 heteroatoms. The lowest BCUT2D eigenvalue weighted by Gasteiger charge is -2.26. The molecule has 0 amide bonds. The van der Waals surface area contributed by atoms with Crippen molar-refractivity contribution in [1.82, 2.24) is 4.90 Å². The van der Waals surface area contributed by atoms with E-state index in [1.807, 2.05) is 0 Å². The molecule has 0 saturated carbocycles. The van der Waals surface area contributed by atoms with Gasteiger partial charge >= 0.3 is 0 Å². The van der Waals surface area contributed by atoms with Crippen molar-refractivity contribution in [3.05, 3.63) is 30.3 Å². The molecule has 1 aliphatic rings. The Balaban J connectivity index is 1.55. The molecule has 1 nitrogen and oxygen atoms in total. The zero-order valence-electron chi connectivity index (χ0n) is 12.5. The molecule has 1 aromatic rings. The highest BCUT2D eigenvalue weighted by Gasteiger charge is 2.09. The summed E-state index contributed by atoms with van der Waals surface area (Å²) in [6, 6.07) is 11.1. The molecule has 1 aromatic carbocycles. The number of hydrogen-bond acceptors (Lipinski definition) is 1. The highest BCUT2D eigenvalue weighted by molar-refractivity contribution is 6.54. The summed E-state index contributed by atoms with van der Waals surface area (Å²) in [7, 11) is -0.0516. The fraction of sp³-hybridized carbons (Fsp3) is 0.647. The summed E-state index contributed by atoms with van der Waals surface area (Å²) < 4.78 is 0. The molecule has 0 radical (unpaired) electrons. The first-order chi connectivity index (χ1) is 9.34. The highest BCUT2D eigenvalue weighted by Crippen LogP contribution is 2.14. The second-order valence-electron chi connectivity index (χ2n) is 6.19. The summed E-state index contributed by atoms with van der Waals surface area (Å²) >= 11 is 0. The van der Waals surface area contributed by atoms with E-state index in [-0.39, 0.29) is 9.52 Å². The van der Waals surface area contributed by atoms with Crippen LogP contribution < -0.4 is 5.19 Å². The Kier molecular flexibility index (Phi) is 6.65. The smallest absolute Gasteiger partial charge is 0.0575 e. The van der Waals surface area contributed by atoms with E-state index in [2.05, 4.69) is 42.2 Å². The van der Waals surface area contributed by atoms with Crippen molar-refractivity contribution in [3.8, 4) is 0 Å². The number of likely N-dealkylation sites (tertiary alicyclic amines) is 1. The largest absolute Gasteiger partial charge is 0.303 e. The average molecular weight is 276 g/mol.